The SMILES string of the molecule is Cc1noc(-c2ccc(-c3nc4sc(C5(C(=O)O)CC5)cc4s3)cc2)c1NC(=O)OC(C)c1ccccc1. The highest BCUT2D eigenvalue weighted by Gasteiger charge is 2.53. The van der Waals surface area contributed by atoms with Crippen LogP contribution in [-0.4, -0.2) is 27.3 Å². The number of ether oxygens (including phenoxy) is 1. The fourth-order valence-corrected chi connectivity index (χ4v) is 6.81. The van der Waals surface area contributed by atoms with Crippen molar-refractivity contribution in [1.29, 1.82) is 0 Å². The van der Waals surface area contributed by atoms with Gasteiger partial charge in [0.25, 0.3) is 0 Å². The number of anilines is 1. The highest BCUT2D eigenvalue weighted by atomic mass is 32.1. The van der Waals surface area contributed by atoms with Crippen LogP contribution in [-0.2, 0) is 14.9 Å². The van der Waals surface area contributed by atoms with Gasteiger partial charge in [-0.3, -0.25) is 10.1 Å². The molecule has 0 saturated heterocycles. The van der Waals surface area contributed by atoms with Gasteiger partial charge in [-0.05, 0) is 38.3 Å². The molecule has 1 unspecified atom stereocenters. The van der Waals surface area contributed by atoms with Gasteiger partial charge in [-0.1, -0.05) is 59.8 Å². The van der Waals surface area contributed by atoms with Crippen molar-refractivity contribution in [2.24, 2.45) is 0 Å². The molecule has 192 valence electrons. The normalized spacial score (nSPS) is 14.8. The number of amides is 1. The van der Waals surface area contributed by atoms with Crippen LogP contribution in [0.4, 0.5) is 10.5 Å². The Morgan fingerprint density at radius 1 is 1.08 bits per heavy atom. The number of benzene rings is 2. The van der Waals surface area contributed by atoms with Gasteiger partial charge in [0.2, 0.25) is 0 Å². The standard InChI is InChI=1S/C28H23N3O5S2/c1-15-22(29-27(34)35-16(2)17-6-4-3-5-7-17)23(36-31-15)18-8-10-19(11-9-18)24-30-25-20(37-24)14-21(38-25)28(12-13-28)26(32)33/h3-11,14,16H,12-13H2,1-2H3,(H,29,34)(H,32,33). The van der Waals surface area contributed by atoms with Gasteiger partial charge in [-0.15, -0.1) is 22.7 Å². The number of carboxylic acids is 1. The summed E-state index contributed by atoms with van der Waals surface area (Å²) in [6.45, 7) is 3.57. The number of carboxylic acid groups (broad SMARTS) is 1. The zero-order chi connectivity index (χ0) is 26.4. The highest BCUT2D eigenvalue weighted by Crippen LogP contribution is 2.52. The van der Waals surface area contributed by atoms with Gasteiger partial charge in [0.05, 0.1) is 4.70 Å². The van der Waals surface area contributed by atoms with E-state index in [0.29, 0.717) is 30.0 Å². The quantitative estimate of drug-likeness (QED) is 0.219. The first-order valence-electron chi connectivity index (χ1n) is 12.1. The monoisotopic (exact) mass is 545 g/mol. The summed E-state index contributed by atoms with van der Waals surface area (Å²) < 4.78 is 12.1. The Kier molecular flexibility index (Phi) is 6.00. The molecular formula is C28H23N3O5S2. The summed E-state index contributed by atoms with van der Waals surface area (Å²) in [7, 11) is 0. The van der Waals surface area contributed by atoms with Crippen LogP contribution < -0.4 is 5.32 Å². The van der Waals surface area contributed by atoms with Crippen LogP contribution >= 0.6 is 22.7 Å². The van der Waals surface area contributed by atoms with E-state index in [1.807, 2.05) is 67.6 Å². The maximum absolute atomic E-state index is 12.6. The lowest BCUT2D eigenvalue weighted by Crippen LogP contribution is -2.17. The number of aromatic nitrogens is 2. The summed E-state index contributed by atoms with van der Waals surface area (Å²) in [5, 5.41) is 17.2. The summed E-state index contributed by atoms with van der Waals surface area (Å²) >= 11 is 3.01. The van der Waals surface area contributed by atoms with Gasteiger partial charge in [0, 0.05) is 16.0 Å². The number of aryl methyl sites for hydroxylation is 1. The number of hydrogen-bond donors (Lipinski definition) is 2. The third-order valence-corrected chi connectivity index (χ3v) is 9.17. The Labute approximate surface area is 225 Å². The third kappa shape index (κ3) is 4.35. The Hall–Kier alpha value is -4.02. The minimum Gasteiger partial charge on any atom is -0.481 e. The molecule has 1 aliphatic rings. The number of carbonyl (C=O) groups is 2. The average Bonchev–Trinajstić information content (AvgIpc) is 3.32. The first-order chi connectivity index (χ1) is 18.3. The Balaban J connectivity index is 1.19. The number of aliphatic carboxylic acids is 1. The number of thiophene rings is 1. The molecular weight excluding hydrogens is 522 g/mol. The van der Waals surface area contributed by atoms with E-state index in [4.69, 9.17) is 14.2 Å². The van der Waals surface area contributed by atoms with Gasteiger partial charge in [-0.2, -0.15) is 0 Å². The van der Waals surface area contributed by atoms with Crippen molar-refractivity contribution in [3.63, 3.8) is 0 Å². The zero-order valence-corrected chi connectivity index (χ0v) is 22.2. The molecule has 38 heavy (non-hydrogen) atoms. The summed E-state index contributed by atoms with van der Waals surface area (Å²) in [6.07, 6.45) is 0.365. The molecule has 0 spiro atoms. The molecule has 2 aromatic carbocycles. The molecule has 10 heteroatoms. The second-order valence-corrected chi connectivity index (χ2v) is 11.4. The van der Waals surface area contributed by atoms with Gasteiger partial charge in [0.15, 0.2) is 5.76 Å². The van der Waals surface area contributed by atoms with Gasteiger partial charge in [0.1, 0.15) is 32.7 Å². The van der Waals surface area contributed by atoms with Crippen LogP contribution in [0.15, 0.2) is 65.2 Å². The number of nitrogens with zero attached hydrogens (tertiary/aromatic N) is 2. The van der Waals surface area contributed by atoms with E-state index in [1.165, 1.54) is 11.3 Å². The number of carbonyl (C=O) groups excluding carboxylic acids is 1. The van der Waals surface area contributed by atoms with E-state index < -0.39 is 23.6 Å². The smallest absolute Gasteiger partial charge is 0.412 e. The highest BCUT2D eigenvalue weighted by molar-refractivity contribution is 7.28. The van der Waals surface area contributed by atoms with Crippen LogP contribution in [0.5, 0.6) is 0 Å². The fraction of sp³-hybridized carbons (Fsp3) is 0.214. The van der Waals surface area contributed by atoms with Crippen LogP contribution in [0.3, 0.4) is 0 Å². The molecule has 6 rings (SSSR count). The van der Waals surface area contributed by atoms with Crippen molar-refractivity contribution in [1.82, 2.24) is 10.1 Å². The lowest BCUT2D eigenvalue weighted by molar-refractivity contribution is -0.139. The van der Waals surface area contributed by atoms with Crippen LogP contribution in [0.2, 0.25) is 0 Å². The van der Waals surface area contributed by atoms with Gasteiger partial charge < -0.3 is 14.4 Å². The van der Waals surface area contributed by atoms with Gasteiger partial charge in [-0.25, -0.2) is 9.78 Å². The van der Waals surface area contributed by atoms with E-state index in [-0.39, 0.29) is 0 Å². The van der Waals surface area contributed by atoms with Crippen molar-refractivity contribution in [2.45, 2.75) is 38.2 Å². The molecule has 1 fully saturated rings. The molecule has 3 heterocycles. The Morgan fingerprint density at radius 3 is 2.45 bits per heavy atom. The van der Waals surface area contributed by atoms with E-state index in [1.54, 1.807) is 18.3 Å². The molecule has 0 bridgehead atoms. The lowest BCUT2D eigenvalue weighted by atomic mass is 10.1. The summed E-state index contributed by atoms with van der Waals surface area (Å²) in [5.74, 6) is -0.316. The predicted molar refractivity (Wildman–Crippen MR) is 147 cm³/mol. The lowest BCUT2D eigenvalue weighted by Gasteiger charge is -2.14. The molecule has 0 radical (unpaired) electrons. The van der Waals surface area contributed by atoms with Crippen molar-refractivity contribution < 1.29 is 24.0 Å². The van der Waals surface area contributed by atoms with Crippen molar-refractivity contribution in [2.75, 3.05) is 5.32 Å². The summed E-state index contributed by atoms with van der Waals surface area (Å²) in [6, 6.07) is 19.1. The maximum Gasteiger partial charge on any atom is 0.412 e. The average molecular weight is 546 g/mol. The molecule has 8 nitrogen and oxygen atoms in total. The van der Waals surface area contributed by atoms with E-state index in [0.717, 1.165) is 36.1 Å². The van der Waals surface area contributed by atoms with Gasteiger partial charge >= 0.3 is 12.1 Å². The number of thiazole rings is 1. The largest absolute Gasteiger partial charge is 0.481 e. The predicted octanol–water partition coefficient (Wildman–Crippen LogP) is 7.41. The number of hydrogen-bond acceptors (Lipinski definition) is 8. The number of nitrogens with one attached hydrogen (secondary N) is 1. The molecule has 1 saturated carbocycles. The molecule has 1 atom stereocenters. The Bertz CT molecular complexity index is 1620. The topological polar surface area (TPSA) is 115 Å². The number of fused-ring (bicyclic) bond motifs is 1. The Morgan fingerprint density at radius 2 is 1.79 bits per heavy atom. The minimum atomic E-state index is -0.752. The maximum atomic E-state index is 12.6. The van der Waals surface area contributed by atoms with E-state index >= 15 is 0 Å². The minimum absolute atomic E-state index is 0.415. The van der Waals surface area contributed by atoms with Crippen LogP contribution in [0, 0.1) is 6.92 Å². The summed E-state index contributed by atoms with van der Waals surface area (Å²) in [5.41, 5.74) is 2.87. The fourth-order valence-electron chi connectivity index (χ4n) is 4.35. The molecule has 2 N–H and O–H groups in total. The molecule has 0 aliphatic heterocycles. The van der Waals surface area contributed by atoms with Crippen molar-refractivity contribution >= 4 is 50.0 Å². The third-order valence-electron chi connectivity index (χ3n) is 6.76. The van der Waals surface area contributed by atoms with Crippen molar-refractivity contribution in [3.8, 4) is 21.9 Å². The van der Waals surface area contributed by atoms with Crippen molar-refractivity contribution in [3.05, 3.63) is 76.8 Å². The van der Waals surface area contributed by atoms with Crippen LogP contribution in [0.25, 0.3) is 31.4 Å². The second kappa shape index (κ2) is 9.38. The zero-order valence-electron chi connectivity index (χ0n) is 20.6. The number of rotatable bonds is 7. The first kappa shape index (κ1) is 24.3. The molecule has 3 aromatic heterocycles. The molecule has 1 amide bonds. The molecule has 1 aliphatic carbocycles. The second-order valence-electron chi connectivity index (χ2n) is 9.32. The van der Waals surface area contributed by atoms with E-state index in [2.05, 4.69) is 10.5 Å². The van der Waals surface area contributed by atoms with Crippen LogP contribution in [0.1, 0.15) is 42.0 Å². The van der Waals surface area contributed by atoms with E-state index in [9.17, 15) is 14.7 Å². The molecule has 5 aromatic rings. The summed E-state index contributed by atoms with van der Waals surface area (Å²) in [4.78, 5) is 30.8. The first-order valence-corrected chi connectivity index (χ1v) is 13.7.